The Balaban J connectivity index is 1.87. The lowest BCUT2D eigenvalue weighted by atomic mass is 9.91. The van der Waals surface area contributed by atoms with Gasteiger partial charge in [0.25, 0.3) is 0 Å². The molecule has 3 aromatic carbocycles. The Morgan fingerprint density at radius 3 is 2.40 bits per heavy atom. The van der Waals surface area contributed by atoms with Gasteiger partial charge in [0.15, 0.2) is 0 Å². The van der Waals surface area contributed by atoms with E-state index in [1.54, 1.807) is 0 Å². The Morgan fingerprint density at radius 2 is 1.65 bits per heavy atom. The van der Waals surface area contributed by atoms with Gasteiger partial charge in [0.2, 0.25) is 0 Å². The van der Waals surface area contributed by atoms with E-state index in [1.165, 1.54) is 33.0 Å². The molecule has 0 aromatic heterocycles. The summed E-state index contributed by atoms with van der Waals surface area (Å²) in [6, 6.07) is 22.1. The predicted molar refractivity (Wildman–Crippen MR) is 86.0 cm³/mol. The van der Waals surface area contributed by atoms with Crippen LogP contribution in [0.3, 0.4) is 0 Å². The number of benzene rings is 3. The summed E-state index contributed by atoms with van der Waals surface area (Å²) in [6.07, 6.45) is 3.01. The van der Waals surface area contributed by atoms with Crippen molar-refractivity contribution in [2.24, 2.45) is 0 Å². The number of hydrogen-bond acceptors (Lipinski definition) is 0. The number of rotatable bonds is 2. The first-order chi connectivity index (χ1) is 9.86. The zero-order valence-electron chi connectivity index (χ0n) is 11.3. The van der Waals surface area contributed by atoms with Crippen molar-refractivity contribution in [2.75, 3.05) is 0 Å². The topological polar surface area (TPSA) is 0 Å². The number of hydrogen-bond donors (Lipinski definition) is 0. The lowest BCUT2D eigenvalue weighted by molar-refractivity contribution is 0.848. The van der Waals surface area contributed by atoms with E-state index in [9.17, 15) is 0 Å². The van der Waals surface area contributed by atoms with E-state index in [-0.39, 0.29) is 0 Å². The van der Waals surface area contributed by atoms with Crippen LogP contribution >= 0.6 is 0 Å². The van der Waals surface area contributed by atoms with E-state index in [0.29, 0.717) is 5.92 Å². The van der Waals surface area contributed by atoms with Gasteiger partial charge in [-0.05, 0) is 39.4 Å². The van der Waals surface area contributed by atoms with Gasteiger partial charge in [0.1, 0.15) is 0 Å². The molecule has 1 atom stereocenters. The Hall–Kier alpha value is -2.34. The molecule has 0 spiro atoms. The van der Waals surface area contributed by atoms with Crippen molar-refractivity contribution in [3.63, 3.8) is 0 Å². The highest BCUT2D eigenvalue weighted by molar-refractivity contribution is 5.92. The van der Waals surface area contributed by atoms with Crippen molar-refractivity contribution in [2.45, 2.75) is 12.3 Å². The van der Waals surface area contributed by atoms with Crippen molar-refractivity contribution in [3.8, 4) is 0 Å². The van der Waals surface area contributed by atoms with Gasteiger partial charge in [0, 0.05) is 5.92 Å². The normalized spacial score (nSPS) is 16.5. The van der Waals surface area contributed by atoms with Gasteiger partial charge < -0.3 is 0 Å². The summed E-state index contributed by atoms with van der Waals surface area (Å²) in [6.45, 7) is 3.82. The van der Waals surface area contributed by atoms with Crippen LogP contribution in [0.1, 0.15) is 28.2 Å². The third kappa shape index (κ3) is 1.61. The minimum atomic E-state index is 0.495. The highest BCUT2D eigenvalue weighted by Gasteiger charge is 2.25. The van der Waals surface area contributed by atoms with Gasteiger partial charge in [0.05, 0.1) is 0 Å². The van der Waals surface area contributed by atoms with E-state index in [1.807, 2.05) is 6.08 Å². The van der Waals surface area contributed by atoms with Crippen LogP contribution < -0.4 is 0 Å². The van der Waals surface area contributed by atoms with Crippen LogP contribution in [0.5, 0.6) is 0 Å². The SMILES string of the molecule is C=Cc1ccc(C2Cc3cccc4cccc2c34)cc1. The van der Waals surface area contributed by atoms with Gasteiger partial charge in [-0.1, -0.05) is 73.3 Å². The molecule has 20 heavy (non-hydrogen) atoms. The first kappa shape index (κ1) is 11.5. The average Bonchev–Trinajstić information content (AvgIpc) is 2.89. The summed E-state index contributed by atoms with van der Waals surface area (Å²) in [4.78, 5) is 0. The quantitative estimate of drug-likeness (QED) is 0.593. The second-order valence-corrected chi connectivity index (χ2v) is 5.49. The second-order valence-electron chi connectivity index (χ2n) is 5.49. The van der Waals surface area contributed by atoms with Crippen LogP contribution in [0.25, 0.3) is 16.8 Å². The third-order valence-corrected chi connectivity index (χ3v) is 4.40. The fraction of sp³-hybridized carbons (Fsp3) is 0.100. The molecule has 1 aliphatic rings. The summed E-state index contributed by atoms with van der Waals surface area (Å²) in [5, 5.41) is 2.83. The van der Waals surface area contributed by atoms with E-state index in [4.69, 9.17) is 0 Å². The first-order valence-electron chi connectivity index (χ1n) is 7.10. The summed E-state index contributed by atoms with van der Waals surface area (Å²) in [5.74, 6) is 0.495. The molecule has 0 aliphatic heterocycles. The van der Waals surface area contributed by atoms with E-state index >= 15 is 0 Å². The van der Waals surface area contributed by atoms with Crippen LogP contribution in [0.15, 0.2) is 67.2 Å². The van der Waals surface area contributed by atoms with Crippen molar-refractivity contribution in [1.82, 2.24) is 0 Å². The molecule has 0 fully saturated rings. The Bertz CT molecular complexity index is 789. The summed E-state index contributed by atoms with van der Waals surface area (Å²) in [5.41, 5.74) is 5.54. The van der Waals surface area contributed by atoms with Crippen molar-refractivity contribution in [1.29, 1.82) is 0 Å². The van der Waals surface area contributed by atoms with Gasteiger partial charge >= 0.3 is 0 Å². The largest absolute Gasteiger partial charge is 0.0985 e. The van der Waals surface area contributed by atoms with Gasteiger partial charge in [-0.25, -0.2) is 0 Å². The predicted octanol–water partition coefficient (Wildman–Crippen LogP) is 5.17. The first-order valence-corrected chi connectivity index (χ1v) is 7.10. The molecule has 0 saturated carbocycles. The molecule has 1 unspecified atom stereocenters. The van der Waals surface area contributed by atoms with Crippen molar-refractivity contribution < 1.29 is 0 Å². The summed E-state index contributed by atoms with van der Waals surface area (Å²) in [7, 11) is 0. The Labute approximate surface area is 119 Å². The molecule has 4 rings (SSSR count). The molecule has 0 nitrogen and oxygen atoms in total. The lowest BCUT2D eigenvalue weighted by Crippen LogP contribution is -1.98. The smallest absolute Gasteiger partial charge is 0.0136 e. The molecule has 0 radical (unpaired) electrons. The van der Waals surface area contributed by atoms with Crippen molar-refractivity contribution >= 4 is 16.8 Å². The molecule has 1 aliphatic carbocycles. The summed E-state index contributed by atoms with van der Waals surface area (Å²) >= 11 is 0. The van der Waals surface area contributed by atoms with Crippen molar-refractivity contribution in [3.05, 3.63) is 89.5 Å². The molecular formula is C20H16. The maximum Gasteiger partial charge on any atom is 0.0136 e. The molecule has 0 amide bonds. The second kappa shape index (κ2) is 4.35. The molecule has 0 heterocycles. The molecule has 0 saturated heterocycles. The van der Waals surface area contributed by atoms with E-state index in [0.717, 1.165) is 6.42 Å². The zero-order valence-corrected chi connectivity index (χ0v) is 11.3. The molecule has 0 heteroatoms. The van der Waals surface area contributed by atoms with Gasteiger partial charge in [-0.15, -0.1) is 0 Å². The molecule has 0 N–H and O–H groups in total. The maximum atomic E-state index is 3.82. The van der Waals surface area contributed by atoms with Crippen LogP contribution in [0.4, 0.5) is 0 Å². The lowest BCUT2D eigenvalue weighted by Gasteiger charge is -2.12. The molecule has 96 valence electrons. The average molecular weight is 256 g/mol. The van der Waals surface area contributed by atoms with E-state index < -0.39 is 0 Å². The van der Waals surface area contributed by atoms with Gasteiger partial charge in [-0.3, -0.25) is 0 Å². The highest BCUT2D eigenvalue weighted by Crippen LogP contribution is 2.41. The molecular weight excluding hydrogens is 240 g/mol. The Kier molecular flexibility index (Phi) is 2.50. The third-order valence-electron chi connectivity index (χ3n) is 4.40. The maximum absolute atomic E-state index is 3.82. The Morgan fingerprint density at radius 1 is 0.900 bits per heavy atom. The molecule has 3 aromatic rings. The standard InChI is InChI=1S/C20H16/c1-2-14-9-11-15(12-10-14)19-13-17-7-3-5-16-6-4-8-18(19)20(16)17/h2-12,19H,1,13H2. The minimum Gasteiger partial charge on any atom is -0.0985 e. The fourth-order valence-electron chi connectivity index (χ4n) is 3.40. The van der Waals surface area contributed by atoms with Crippen LogP contribution in [-0.2, 0) is 6.42 Å². The molecule has 0 bridgehead atoms. The van der Waals surface area contributed by atoms with Crippen LogP contribution in [0.2, 0.25) is 0 Å². The summed E-state index contributed by atoms with van der Waals surface area (Å²) < 4.78 is 0. The van der Waals surface area contributed by atoms with Gasteiger partial charge in [-0.2, -0.15) is 0 Å². The van der Waals surface area contributed by atoms with Crippen LogP contribution in [0, 0.1) is 0 Å². The van der Waals surface area contributed by atoms with E-state index in [2.05, 4.69) is 67.2 Å². The van der Waals surface area contributed by atoms with Crippen LogP contribution in [-0.4, -0.2) is 0 Å². The zero-order chi connectivity index (χ0) is 13.5. The minimum absolute atomic E-state index is 0.495. The highest BCUT2D eigenvalue weighted by atomic mass is 14.3. The monoisotopic (exact) mass is 256 g/mol. The fourth-order valence-corrected chi connectivity index (χ4v) is 3.40.